The Morgan fingerprint density at radius 1 is 1.12 bits per heavy atom. The van der Waals surface area contributed by atoms with Gasteiger partial charge in [-0.15, -0.1) is 0 Å². The Kier molecular flexibility index (Phi) is 6.33. The van der Waals surface area contributed by atoms with E-state index in [-0.39, 0.29) is 11.0 Å². The van der Waals surface area contributed by atoms with Crippen molar-refractivity contribution in [3.8, 4) is 11.1 Å². The maximum Gasteiger partial charge on any atom is 0.417 e. The third-order valence-electron chi connectivity index (χ3n) is 5.93. The molecule has 1 saturated carbocycles. The van der Waals surface area contributed by atoms with Crippen molar-refractivity contribution in [2.45, 2.75) is 57.6 Å². The molecule has 0 aliphatic heterocycles. The van der Waals surface area contributed by atoms with Crippen molar-refractivity contribution in [1.29, 1.82) is 0 Å². The van der Waals surface area contributed by atoms with Gasteiger partial charge in [0.05, 0.1) is 23.5 Å². The zero-order valence-electron chi connectivity index (χ0n) is 19.4. The molecule has 1 aliphatic rings. The van der Waals surface area contributed by atoms with Gasteiger partial charge in [0.15, 0.2) is 0 Å². The van der Waals surface area contributed by atoms with Crippen LogP contribution in [0.1, 0.15) is 50.8 Å². The summed E-state index contributed by atoms with van der Waals surface area (Å²) in [5.74, 6) is 0. The van der Waals surface area contributed by atoms with Crippen LogP contribution >= 0.6 is 0 Å². The Labute approximate surface area is 197 Å². The Morgan fingerprint density at radius 2 is 1.79 bits per heavy atom. The van der Waals surface area contributed by atoms with Gasteiger partial charge in [-0.1, -0.05) is 51.1 Å². The molecule has 0 saturated heterocycles. The van der Waals surface area contributed by atoms with Crippen LogP contribution in [-0.4, -0.2) is 29.9 Å². The summed E-state index contributed by atoms with van der Waals surface area (Å²) < 4.78 is 70.5. The summed E-state index contributed by atoms with van der Waals surface area (Å²) >= 11 is 0. The molecule has 1 fully saturated rings. The van der Waals surface area contributed by atoms with Crippen LogP contribution < -0.4 is 4.72 Å². The third kappa shape index (κ3) is 5.16. The first-order chi connectivity index (χ1) is 15.8. The molecule has 0 unspecified atom stereocenters. The first-order valence-corrected chi connectivity index (χ1v) is 12.8. The fourth-order valence-electron chi connectivity index (χ4n) is 4.26. The summed E-state index contributed by atoms with van der Waals surface area (Å²) in [6, 6.07) is 9.63. The molecule has 0 radical (unpaired) electrons. The summed E-state index contributed by atoms with van der Waals surface area (Å²) in [4.78, 5) is 0. The van der Waals surface area contributed by atoms with Crippen molar-refractivity contribution < 1.29 is 26.7 Å². The molecule has 2 aromatic carbocycles. The summed E-state index contributed by atoms with van der Waals surface area (Å²) in [5, 5.41) is 10.3. The van der Waals surface area contributed by atoms with Crippen molar-refractivity contribution in [2.75, 3.05) is 6.61 Å². The van der Waals surface area contributed by atoms with E-state index < -0.39 is 39.7 Å². The molecule has 1 aromatic heterocycles. The van der Waals surface area contributed by atoms with Gasteiger partial charge in [-0.2, -0.15) is 13.2 Å². The van der Waals surface area contributed by atoms with Crippen LogP contribution in [0.5, 0.6) is 0 Å². The lowest BCUT2D eigenvalue weighted by Crippen LogP contribution is -2.33. The standard InChI is InChI=1S/C25H29F3N2O3S/c1-24(2,3)15-30-13-20(22(14-31)29-34(32,33)17-9-10-17)19-11-8-16(12-23(19)30)18-6-4-5-7-21(18)25(26,27)28/h4-8,11-13,17,22,29,31H,9-10,14-15H2,1-3H3/t22-/m1/s1. The number of nitrogens with zero attached hydrogens (tertiary/aromatic N) is 1. The fourth-order valence-corrected chi connectivity index (χ4v) is 5.81. The maximum absolute atomic E-state index is 13.6. The molecule has 5 nitrogen and oxygen atoms in total. The zero-order valence-corrected chi connectivity index (χ0v) is 20.2. The largest absolute Gasteiger partial charge is 0.417 e. The molecule has 4 rings (SSSR count). The van der Waals surface area contributed by atoms with E-state index in [1.807, 2.05) is 25.3 Å². The van der Waals surface area contributed by atoms with Crippen molar-refractivity contribution in [3.05, 3.63) is 59.8 Å². The number of aliphatic hydroxyl groups is 1. The molecule has 1 heterocycles. The predicted molar refractivity (Wildman–Crippen MR) is 127 cm³/mol. The van der Waals surface area contributed by atoms with Gasteiger partial charge in [0.25, 0.3) is 0 Å². The highest BCUT2D eigenvalue weighted by atomic mass is 32.2. The van der Waals surface area contributed by atoms with Crippen LogP contribution in [-0.2, 0) is 22.7 Å². The normalized spacial score (nSPS) is 16.2. The van der Waals surface area contributed by atoms with Gasteiger partial charge in [0.2, 0.25) is 10.0 Å². The van der Waals surface area contributed by atoms with Gasteiger partial charge >= 0.3 is 6.18 Å². The van der Waals surface area contributed by atoms with Gasteiger partial charge in [-0.25, -0.2) is 13.1 Å². The molecule has 3 aromatic rings. The van der Waals surface area contributed by atoms with Gasteiger partial charge in [0.1, 0.15) is 0 Å². The number of aliphatic hydroxyl groups excluding tert-OH is 1. The van der Waals surface area contributed by atoms with Crippen LogP contribution in [0.2, 0.25) is 0 Å². The number of rotatable bonds is 7. The Hall–Kier alpha value is -2.36. The highest BCUT2D eigenvalue weighted by molar-refractivity contribution is 7.90. The number of halogens is 3. The lowest BCUT2D eigenvalue weighted by Gasteiger charge is -2.20. The molecule has 0 bridgehead atoms. The van der Waals surface area contributed by atoms with Gasteiger partial charge in [0, 0.05) is 23.6 Å². The van der Waals surface area contributed by atoms with E-state index in [9.17, 15) is 26.7 Å². The smallest absolute Gasteiger partial charge is 0.394 e. The summed E-state index contributed by atoms with van der Waals surface area (Å²) in [7, 11) is -3.56. The summed E-state index contributed by atoms with van der Waals surface area (Å²) in [6.45, 7) is 6.25. The number of fused-ring (bicyclic) bond motifs is 1. The topological polar surface area (TPSA) is 71.3 Å². The average molecular weight is 495 g/mol. The second-order valence-electron chi connectivity index (χ2n) is 10.1. The third-order valence-corrected chi connectivity index (χ3v) is 7.89. The number of hydrogen-bond donors (Lipinski definition) is 2. The molecule has 0 amide bonds. The van der Waals surface area contributed by atoms with Crippen LogP contribution in [0.4, 0.5) is 13.2 Å². The lowest BCUT2D eigenvalue weighted by atomic mass is 9.96. The zero-order chi connectivity index (χ0) is 24.9. The lowest BCUT2D eigenvalue weighted by molar-refractivity contribution is -0.137. The highest BCUT2D eigenvalue weighted by Crippen LogP contribution is 2.39. The van der Waals surface area contributed by atoms with Gasteiger partial charge in [-0.3, -0.25) is 0 Å². The molecular formula is C25H29F3N2O3S. The molecule has 1 atom stereocenters. The number of sulfonamides is 1. The molecule has 34 heavy (non-hydrogen) atoms. The Morgan fingerprint density at radius 3 is 2.38 bits per heavy atom. The van der Waals surface area contributed by atoms with Crippen LogP contribution in [0.25, 0.3) is 22.0 Å². The highest BCUT2D eigenvalue weighted by Gasteiger charge is 2.38. The maximum atomic E-state index is 13.6. The van der Waals surface area contributed by atoms with Crippen molar-refractivity contribution in [3.63, 3.8) is 0 Å². The molecule has 184 valence electrons. The number of aromatic nitrogens is 1. The van der Waals surface area contributed by atoms with E-state index in [1.165, 1.54) is 12.1 Å². The van der Waals surface area contributed by atoms with E-state index in [2.05, 4.69) is 4.72 Å². The van der Waals surface area contributed by atoms with E-state index in [1.54, 1.807) is 30.5 Å². The first kappa shape index (κ1) is 24.8. The van der Waals surface area contributed by atoms with E-state index in [0.29, 0.717) is 41.4 Å². The summed E-state index contributed by atoms with van der Waals surface area (Å²) in [5.41, 5.74) is 0.916. The van der Waals surface area contributed by atoms with E-state index in [4.69, 9.17) is 0 Å². The predicted octanol–water partition coefficient (Wildman–Crippen LogP) is 5.49. The number of nitrogens with one attached hydrogen (secondary N) is 1. The van der Waals surface area contributed by atoms with E-state index in [0.717, 1.165) is 6.07 Å². The first-order valence-electron chi connectivity index (χ1n) is 11.2. The quantitative estimate of drug-likeness (QED) is 0.456. The minimum absolute atomic E-state index is 0.0788. The summed E-state index contributed by atoms with van der Waals surface area (Å²) in [6.07, 6.45) is -1.50. The molecule has 2 N–H and O–H groups in total. The van der Waals surface area contributed by atoms with Crippen LogP contribution in [0, 0.1) is 5.41 Å². The fraction of sp³-hybridized carbons (Fsp3) is 0.440. The number of benzene rings is 2. The SMILES string of the molecule is CC(C)(C)Cn1cc([C@@H](CO)NS(=O)(=O)C2CC2)c2ccc(-c3ccccc3C(F)(F)F)cc21. The Balaban J connectivity index is 1.85. The minimum Gasteiger partial charge on any atom is -0.394 e. The number of hydrogen-bond acceptors (Lipinski definition) is 3. The Bertz CT molecular complexity index is 1300. The van der Waals surface area contributed by atoms with Crippen molar-refractivity contribution >= 4 is 20.9 Å². The minimum atomic E-state index is -4.49. The van der Waals surface area contributed by atoms with Crippen molar-refractivity contribution in [2.24, 2.45) is 5.41 Å². The van der Waals surface area contributed by atoms with E-state index >= 15 is 0 Å². The van der Waals surface area contributed by atoms with Gasteiger partial charge < -0.3 is 9.67 Å². The molecular weight excluding hydrogens is 465 g/mol. The monoisotopic (exact) mass is 494 g/mol. The molecule has 9 heteroatoms. The van der Waals surface area contributed by atoms with Crippen LogP contribution in [0.3, 0.4) is 0 Å². The second kappa shape index (κ2) is 8.70. The number of alkyl halides is 3. The van der Waals surface area contributed by atoms with Crippen LogP contribution in [0.15, 0.2) is 48.7 Å². The van der Waals surface area contributed by atoms with Crippen molar-refractivity contribution in [1.82, 2.24) is 9.29 Å². The second-order valence-corrected chi connectivity index (χ2v) is 12.1. The molecule has 0 spiro atoms. The average Bonchev–Trinajstić information content (AvgIpc) is 3.55. The van der Waals surface area contributed by atoms with Gasteiger partial charge in [-0.05, 0) is 47.1 Å². The molecule has 1 aliphatic carbocycles.